The van der Waals surface area contributed by atoms with E-state index in [1.165, 1.54) is 10.9 Å². The van der Waals surface area contributed by atoms with E-state index in [9.17, 15) is 4.79 Å². The Kier molecular flexibility index (Phi) is 5.82. The summed E-state index contributed by atoms with van der Waals surface area (Å²) < 4.78 is 1.50. The van der Waals surface area contributed by atoms with Crippen LogP contribution in [0, 0.1) is 0 Å². The van der Waals surface area contributed by atoms with Crippen molar-refractivity contribution >= 4 is 11.6 Å². The van der Waals surface area contributed by atoms with Crippen molar-refractivity contribution in [2.75, 3.05) is 25.9 Å². The highest BCUT2D eigenvalue weighted by Crippen LogP contribution is 2.08. The molecule has 3 N–H and O–H groups in total. The number of aryl methyl sites for hydroxylation is 1. The summed E-state index contributed by atoms with van der Waals surface area (Å²) in [5.41, 5.74) is 6.54. The number of hydrogen-bond donors (Lipinski definition) is 2. The van der Waals surface area contributed by atoms with Gasteiger partial charge in [-0.1, -0.05) is 0 Å². The van der Waals surface area contributed by atoms with E-state index in [0.717, 1.165) is 19.4 Å². The van der Waals surface area contributed by atoms with Gasteiger partial charge in [-0.25, -0.2) is 0 Å². The number of nitrogens with one attached hydrogen (secondary N) is 1. The first-order chi connectivity index (χ1) is 8.93. The number of nitrogen functional groups attached to an aromatic ring is 1. The second-order valence-electron chi connectivity index (χ2n) is 5.11. The summed E-state index contributed by atoms with van der Waals surface area (Å²) >= 11 is 0. The second-order valence-corrected chi connectivity index (χ2v) is 5.11. The Bertz CT molecular complexity index is 394. The molecule has 6 heteroatoms. The van der Waals surface area contributed by atoms with Gasteiger partial charge in [-0.05, 0) is 40.3 Å². The van der Waals surface area contributed by atoms with Crippen LogP contribution in [-0.2, 0) is 7.05 Å². The number of anilines is 1. The van der Waals surface area contributed by atoms with Gasteiger partial charge in [0.05, 0.1) is 11.9 Å². The molecule has 6 nitrogen and oxygen atoms in total. The lowest BCUT2D eigenvalue weighted by Gasteiger charge is -2.20. The summed E-state index contributed by atoms with van der Waals surface area (Å²) in [6.45, 7) is 6.05. The highest BCUT2D eigenvalue weighted by Gasteiger charge is 2.13. The van der Waals surface area contributed by atoms with Crippen molar-refractivity contribution in [3.8, 4) is 0 Å². The maximum atomic E-state index is 11.9. The number of unbranched alkanes of at least 4 members (excludes halogenated alkanes) is 1. The summed E-state index contributed by atoms with van der Waals surface area (Å²) in [6.07, 6.45) is 3.52. The van der Waals surface area contributed by atoms with Crippen molar-refractivity contribution < 1.29 is 4.79 Å². The molecule has 0 saturated carbocycles. The fourth-order valence-corrected chi connectivity index (χ4v) is 1.76. The molecule has 0 saturated heterocycles. The molecule has 1 rings (SSSR count). The molecule has 0 fully saturated rings. The van der Waals surface area contributed by atoms with E-state index < -0.39 is 0 Å². The van der Waals surface area contributed by atoms with E-state index in [1.807, 2.05) is 0 Å². The molecule has 0 aliphatic carbocycles. The van der Waals surface area contributed by atoms with Crippen LogP contribution in [0.5, 0.6) is 0 Å². The van der Waals surface area contributed by atoms with Gasteiger partial charge in [-0.2, -0.15) is 5.10 Å². The quantitative estimate of drug-likeness (QED) is 0.718. The van der Waals surface area contributed by atoms with Gasteiger partial charge in [0.15, 0.2) is 0 Å². The molecule has 19 heavy (non-hydrogen) atoms. The van der Waals surface area contributed by atoms with Crippen LogP contribution in [0.2, 0.25) is 0 Å². The Morgan fingerprint density at radius 1 is 1.53 bits per heavy atom. The summed E-state index contributed by atoms with van der Waals surface area (Å²) in [5.74, 6) is -0.158. The third-order valence-electron chi connectivity index (χ3n) is 3.29. The van der Waals surface area contributed by atoms with E-state index in [0.29, 0.717) is 24.0 Å². The van der Waals surface area contributed by atoms with E-state index in [4.69, 9.17) is 5.73 Å². The van der Waals surface area contributed by atoms with Gasteiger partial charge in [-0.3, -0.25) is 9.48 Å². The van der Waals surface area contributed by atoms with Crippen LogP contribution in [0.25, 0.3) is 0 Å². The van der Waals surface area contributed by atoms with Crippen molar-refractivity contribution in [2.24, 2.45) is 7.05 Å². The largest absolute Gasteiger partial charge is 0.396 e. The Balaban J connectivity index is 2.25. The first kappa shape index (κ1) is 15.5. The molecule has 0 radical (unpaired) electrons. The number of rotatable bonds is 7. The maximum absolute atomic E-state index is 11.9. The molecule has 1 aromatic heterocycles. The molecule has 0 aliphatic heterocycles. The van der Waals surface area contributed by atoms with Gasteiger partial charge in [0, 0.05) is 19.6 Å². The molecule has 0 bridgehead atoms. The first-order valence-electron chi connectivity index (χ1n) is 6.69. The molecular formula is C13H25N5O. The van der Waals surface area contributed by atoms with Gasteiger partial charge in [0.1, 0.15) is 5.69 Å². The Morgan fingerprint density at radius 3 is 2.74 bits per heavy atom. The Morgan fingerprint density at radius 2 is 2.21 bits per heavy atom. The van der Waals surface area contributed by atoms with Crippen LogP contribution in [-0.4, -0.2) is 46.8 Å². The predicted octanol–water partition coefficient (Wildman–Crippen LogP) is 0.853. The fraction of sp³-hybridized carbons (Fsp3) is 0.692. The number of carbonyl (C=O) groups is 1. The standard InChI is InChI=1S/C13H25N5O/c1-10(2)17(3)8-6-5-7-15-13(19)12-11(14)9-16-18(12)4/h9-10H,5-8,14H2,1-4H3,(H,15,19). The number of nitrogens with zero attached hydrogens (tertiary/aromatic N) is 3. The second kappa shape index (κ2) is 7.13. The molecular weight excluding hydrogens is 242 g/mol. The molecule has 1 heterocycles. The molecule has 108 valence electrons. The van der Waals surface area contributed by atoms with Gasteiger partial charge in [-0.15, -0.1) is 0 Å². The van der Waals surface area contributed by atoms with Gasteiger partial charge >= 0.3 is 0 Å². The van der Waals surface area contributed by atoms with E-state index >= 15 is 0 Å². The van der Waals surface area contributed by atoms with Gasteiger partial charge in [0.25, 0.3) is 5.91 Å². The van der Waals surface area contributed by atoms with Crippen molar-refractivity contribution in [1.82, 2.24) is 20.0 Å². The van der Waals surface area contributed by atoms with E-state index in [1.54, 1.807) is 7.05 Å². The number of amides is 1. The third-order valence-corrected chi connectivity index (χ3v) is 3.29. The van der Waals surface area contributed by atoms with E-state index in [2.05, 4.69) is 36.2 Å². The Labute approximate surface area is 114 Å². The van der Waals surface area contributed by atoms with Crippen molar-refractivity contribution in [1.29, 1.82) is 0 Å². The van der Waals surface area contributed by atoms with Crippen LogP contribution in [0.4, 0.5) is 5.69 Å². The summed E-state index contributed by atoms with van der Waals surface area (Å²) in [6, 6.07) is 0.559. The summed E-state index contributed by atoms with van der Waals surface area (Å²) in [5, 5.41) is 6.82. The smallest absolute Gasteiger partial charge is 0.271 e. The number of carbonyl (C=O) groups excluding carboxylic acids is 1. The molecule has 0 unspecified atom stereocenters. The van der Waals surface area contributed by atoms with Crippen molar-refractivity contribution in [3.05, 3.63) is 11.9 Å². The lowest BCUT2D eigenvalue weighted by atomic mass is 10.2. The zero-order chi connectivity index (χ0) is 14.4. The van der Waals surface area contributed by atoms with Crippen LogP contribution >= 0.6 is 0 Å². The zero-order valence-corrected chi connectivity index (χ0v) is 12.3. The van der Waals surface area contributed by atoms with Gasteiger partial charge < -0.3 is 16.0 Å². The van der Waals surface area contributed by atoms with Crippen LogP contribution in [0.3, 0.4) is 0 Å². The normalized spacial score (nSPS) is 11.3. The summed E-state index contributed by atoms with van der Waals surface area (Å²) in [4.78, 5) is 14.2. The minimum absolute atomic E-state index is 0.158. The average molecular weight is 267 g/mol. The molecule has 0 spiro atoms. The van der Waals surface area contributed by atoms with Crippen LogP contribution in [0.15, 0.2) is 6.20 Å². The lowest BCUT2D eigenvalue weighted by Crippen LogP contribution is -2.29. The molecule has 1 aromatic rings. The lowest BCUT2D eigenvalue weighted by molar-refractivity contribution is 0.0944. The van der Waals surface area contributed by atoms with Crippen LogP contribution < -0.4 is 11.1 Å². The summed E-state index contributed by atoms with van der Waals surface area (Å²) in [7, 11) is 3.82. The number of nitrogens with two attached hydrogens (primary N) is 1. The van der Waals surface area contributed by atoms with Gasteiger partial charge in [0.2, 0.25) is 0 Å². The Hall–Kier alpha value is -1.56. The van der Waals surface area contributed by atoms with E-state index in [-0.39, 0.29) is 5.91 Å². The highest BCUT2D eigenvalue weighted by atomic mass is 16.2. The third kappa shape index (κ3) is 4.55. The number of hydrogen-bond acceptors (Lipinski definition) is 4. The first-order valence-corrected chi connectivity index (χ1v) is 6.69. The number of aromatic nitrogens is 2. The predicted molar refractivity (Wildman–Crippen MR) is 77.0 cm³/mol. The monoisotopic (exact) mass is 267 g/mol. The SMILES string of the molecule is CC(C)N(C)CCCCNC(=O)c1c(N)cnn1C. The highest BCUT2D eigenvalue weighted by molar-refractivity contribution is 5.97. The molecule has 1 amide bonds. The maximum Gasteiger partial charge on any atom is 0.271 e. The average Bonchev–Trinajstić information content (AvgIpc) is 2.68. The van der Waals surface area contributed by atoms with Crippen molar-refractivity contribution in [2.45, 2.75) is 32.7 Å². The van der Waals surface area contributed by atoms with Crippen LogP contribution in [0.1, 0.15) is 37.2 Å². The molecule has 0 aliphatic rings. The van der Waals surface area contributed by atoms with Crippen molar-refractivity contribution in [3.63, 3.8) is 0 Å². The topological polar surface area (TPSA) is 76.2 Å². The minimum atomic E-state index is -0.158. The fourth-order valence-electron chi connectivity index (χ4n) is 1.76. The zero-order valence-electron chi connectivity index (χ0n) is 12.3. The molecule has 0 aromatic carbocycles. The minimum Gasteiger partial charge on any atom is -0.396 e. The molecule has 0 atom stereocenters.